The molecular weight excluding hydrogens is 268 g/mol. The molecule has 124 valence electrons. The van der Waals surface area contributed by atoms with Gasteiger partial charge in [0.15, 0.2) is 0 Å². The summed E-state index contributed by atoms with van der Waals surface area (Å²) in [6.45, 7) is 8.25. The first-order chi connectivity index (χ1) is 9.90. The summed E-state index contributed by atoms with van der Waals surface area (Å²) < 4.78 is 9.05. The summed E-state index contributed by atoms with van der Waals surface area (Å²) in [7, 11) is 2.85. The minimum absolute atomic E-state index is 0.107. The first kappa shape index (κ1) is 22.0. The van der Waals surface area contributed by atoms with E-state index in [-0.39, 0.29) is 11.9 Å². The highest BCUT2D eigenvalue weighted by atomic mass is 16.5. The lowest BCUT2D eigenvalue weighted by atomic mass is 10.0. The first-order valence-electron chi connectivity index (χ1n) is 7.69. The molecule has 4 heteroatoms. The van der Waals surface area contributed by atoms with Gasteiger partial charge in [-0.25, -0.2) is 0 Å². The van der Waals surface area contributed by atoms with Gasteiger partial charge in [0.25, 0.3) is 0 Å². The van der Waals surface area contributed by atoms with Crippen molar-refractivity contribution in [3.05, 3.63) is 12.2 Å². The van der Waals surface area contributed by atoms with E-state index in [0.29, 0.717) is 24.7 Å². The number of carbonyl (C=O) groups excluding carboxylic acids is 2. The van der Waals surface area contributed by atoms with Crippen molar-refractivity contribution in [1.29, 1.82) is 0 Å². The number of hydrogen-bond acceptors (Lipinski definition) is 4. The molecule has 0 aliphatic rings. The lowest BCUT2D eigenvalue weighted by molar-refractivity contribution is -0.142. The summed E-state index contributed by atoms with van der Waals surface area (Å²) in [5.74, 6) is 0.620. The van der Waals surface area contributed by atoms with Crippen molar-refractivity contribution in [3.63, 3.8) is 0 Å². The van der Waals surface area contributed by atoms with Crippen molar-refractivity contribution < 1.29 is 19.1 Å². The van der Waals surface area contributed by atoms with Gasteiger partial charge < -0.3 is 9.47 Å². The molecular formula is C17H32O4. The maximum atomic E-state index is 10.8. The third-order valence-corrected chi connectivity index (χ3v) is 3.12. The summed E-state index contributed by atoms with van der Waals surface area (Å²) in [6, 6.07) is 0. The number of methoxy groups -OCH3 is 2. The van der Waals surface area contributed by atoms with Gasteiger partial charge in [-0.05, 0) is 24.7 Å². The number of allylic oxidation sites excluding steroid dienone is 2. The molecule has 0 saturated heterocycles. The zero-order chi connectivity index (χ0) is 16.7. The van der Waals surface area contributed by atoms with E-state index in [1.54, 1.807) is 0 Å². The molecule has 0 radical (unpaired) electrons. The minimum atomic E-state index is -0.118. The van der Waals surface area contributed by atoms with Crippen molar-refractivity contribution in [1.82, 2.24) is 0 Å². The van der Waals surface area contributed by atoms with Crippen LogP contribution in [0.15, 0.2) is 12.2 Å². The van der Waals surface area contributed by atoms with E-state index < -0.39 is 0 Å². The second-order valence-electron chi connectivity index (χ2n) is 5.29. The summed E-state index contributed by atoms with van der Waals surface area (Å²) in [5.41, 5.74) is 0. The van der Waals surface area contributed by atoms with Crippen molar-refractivity contribution in [2.75, 3.05) is 14.2 Å². The van der Waals surface area contributed by atoms with Crippen LogP contribution in [-0.2, 0) is 19.1 Å². The van der Waals surface area contributed by atoms with Crippen LogP contribution in [0, 0.1) is 11.8 Å². The molecule has 0 aromatic heterocycles. The SMILES string of the molecule is CCC(C)CC(=O)OC.CCC=CCC(C)CC(=O)OC. The van der Waals surface area contributed by atoms with Crippen LogP contribution in [0.1, 0.15) is 59.8 Å². The van der Waals surface area contributed by atoms with Crippen molar-refractivity contribution in [2.45, 2.75) is 59.8 Å². The van der Waals surface area contributed by atoms with Gasteiger partial charge in [0.2, 0.25) is 0 Å². The van der Waals surface area contributed by atoms with Crippen LogP contribution in [0.4, 0.5) is 0 Å². The van der Waals surface area contributed by atoms with E-state index in [1.807, 2.05) is 6.92 Å². The highest BCUT2D eigenvalue weighted by Crippen LogP contribution is 2.09. The molecule has 0 aromatic rings. The Morgan fingerprint density at radius 1 is 0.905 bits per heavy atom. The van der Waals surface area contributed by atoms with Gasteiger partial charge in [0.05, 0.1) is 14.2 Å². The molecule has 0 fully saturated rings. The fraction of sp³-hybridized carbons (Fsp3) is 0.765. The van der Waals surface area contributed by atoms with Crippen LogP contribution in [0.3, 0.4) is 0 Å². The molecule has 0 rings (SSSR count). The Kier molecular flexibility index (Phi) is 15.8. The predicted molar refractivity (Wildman–Crippen MR) is 85.9 cm³/mol. The fourth-order valence-corrected chi connectivity index (χ4v) is 1.46. The normalized spacial score (nSPS) is 13.0. The van der Waals surface area contributed by atoms with E-state index in [1.165, 1.54) is 14.2 Å². The monoisotopic (exact) mass is 300 g/mol. The third kappa shape index (κ3) is 16.6. The lowest BCUT2D eigenvalue weighted by Gasteiger charge is -2.05. The second kappa shape index (κ2) is 15.1. The van der Waals surface area contributed by atoms with Crippen molar-refractivity contribution in [2.24, 2.45) is 11.8 Å². The molecule has 0 amide bonds. The maximum Gasteiger partial charge on any atom is 0.305 e. The van der Waals surface area contributed by atoms with E-state index in [0.717, 1.165) is 19.3 Å². The molecule has 0 heterocycles. The Bertz CT molecular complexity index is 297. The number of hydrogen-bond donors (Lipinski definition) is 0. The molecule has 2 atom stereocenters. The van der Waals surface area contributed by atoms with Gasteiger partial charge in [0, 0.05) is 12.8 Å². The highest BCUT2D eigenvalue weighted by molar-refractivity contribution is 5.69. The highest BCUT2D eigenvalue weighted by Gasteiger charge is 2.06. The Balaban J connectivity index is 0. The zero-order valence-electron chi connectivity index (χ0n) is 14.5. The summed E-state index contributed by atoms with van der Waals surface area (Å²) >= 11 is 0. The Labute approximate surface area is 129 Å². The van der Waals surface area contributed by atoms with Gasteiger partial charge >= 0.3 is 11.9 Å². The molecule has 21 heavy (non-hydrogen) atoms. The second-order valence-corrected chi connectivity index (χ2v) is 5.29. The fourth-order valence-electron chi connectivity index (χ4n) is 1.46. The van der Waals surface area contributed by atoms with Crippen LogP contribution in [0.5, 0.6) is 0 Å². The van der Waals surface area contributed by atoms with E-state index in [4.69, 9.17) is 0 Å². The lowest BCUT2D eigenvalue weighted by Crippen LogP contribution is -2.06. The predicted octanol–water partition coefficient (Wildman–Crippen LogP) is 4.14. The molecule has 0 aliphatic heterocycles. The average molecular weight is 300 g/mol. The molecule has 0 saturated carbocycles. The topological polar surface area (TPSA) is 52.6 Å². The summed E-state index contributed by atoms with van der Waals surface area (Å²) in [4.78, 5) is 21.4. The average Bonchev–Trinajstić information content (AvgIpc) is 2.47. The largest absolute Gasteiger partial charge is 0.469 e. The van der Waals surface area contributed by atoms with Gasteiger partial charge in [-0.3, -0.25) is 9.59 Å². The molecule has 0 aromatic carbocycles. The van der Waals surface area contributed by atoms with Crippen LogP contribution < -0.4 is 0 Å². The van der Waals surface area contributed by atoms with Gasteiger partial charge in [-0.15, -0.1) is 0 Å². The molecule has 0 spiro atoms. The molecule has 2 unspecified atom stereocenters. The number of esters is 2. The smallest absolute Gasteiger partial charge is 0.305 e. The Hall–Kier alpha value is -1.32. The summed E-state index contributed by atoms with van der Waals surface area (Å²) in [5, 5.41) is 0. The number of rotatable bonds is 8. The van der Waals surface area contributed by atoms with Crippen LogP contribution in [0.2, 0.25) is 0 Å². The molecule has 0 aliphatic carbocycles. The quantitative estimate of drug-likeness (QED) is 0.499. The van der Waals surface area contributed by atoms with E-state index in [9.17, 15) is 9.59 Å². The van der Waals surface area contributed by atoms with Crippen LogP contribution >= 0.6 is 0 Å². The van der Waals surface area contributed by atoms with Crippen LogP contribution in [-0.4, -0.2) is 26.2 Å². The standard InChI is InChI=1S/C10H18O2.C7H14O2/c1-4-5-6-7-9(2)8-10(11)12-3;1-4-6(2)5-7(8)9-3/h5-6,9H,4,7-8H2,1-3H3;6H,4-5H2,1-3H3. The first-order valence-corrected chi connectivity index (χ1v) is 7.69. The van der Waals surface area contributed by atoms with E-state index >= 15 is 0 Å². The van der Waals surface area contributed by atoms with Gasteiger partial charge in [-0.2, -0.15) is 0 Å². The van der Waals surface area contributed by atoms with Crippen molar-refractivity contribution >= 4 is 11.9 Å². The number of carbonyl (C=O) groups is 2. The maximum absolute atomic E-state index is 10.8. The zero-order valence-corrected chi connectivity index (χ0v) is 14.5. The van der Waals surface area contributed by atoms with Crippen LogP contribution in [0.25, 0.3) is 0 Å². The molecule has 0 bridgehead atoms. The molecule has 4 nitrogen and oxygen atoms in total. The minimum Gasteiger partial charge on any atom is -0.469 e. The Morgan fingerprint density at radius 2 is 1.38 bits per heavy atom. The van der Waals surface area contributed by atoms with Gasteiger partial charge in [0.1, 0.15) is 0 Å². The summed E-state index contributed by atoms with van der Waals surface area (Å²) in [6.07, 6.45) is 8.36. The van der Waals surface area contributed by atoms with Gasteiger partial charge in [-0.1, -0.05) is 46.3 Å². The third-order valence-electron chi connectivity index (χ3n) is 3.12. The number of ether oxygens (including phenoxy) is 2. The Morgan fingerprint density at radius 3 is 1.76 bits per heavy atom. The molecule has 0 N–H and O–H groups in total. The van der Waals surface area contributed by atoms with Crippen molar-refractivity contribution in [3.8, 4) is 0 Å². The van der Waals surface area contributed by atoms with E-state index in [2.05, 4.69) is 42.4 Å².